The van der Waals surface area contributed by atoms with E-state index in [0.717, 1.165) is 39.1 Å². The zero-order valence-electron chi connectivity index (χ0n) is 22.8. The van der Waals surface area contributed by atoms with Gasteiger partial charge in [-0.15, -0.1) is 0 Å². The molecule has 0 atom stereocenters. The molecule has 0 amide bonds. The molecule has 9 heteroatoms. The summed E-state index contributed by atoms with van der Waals surface area (Å²) in [5.74, 6) is 2.46. The number of hydrogen-bond donors (Lipinski definition) is 1. The van der Waals surface area contributed by atoms with E-state index in [1.54, 1.807) is 44.3 Å². The Bertz CT molecular complexity index is 1570. The van der Waals surface area contributed by atoms with Gasteiger partial charge in [0.05, 0.1) is 38.4 Å². The zero-order valence-corrected chi connectivity index (χ0v) is 23.7. The summed E-state index contributed by atoms with van der Waals surface area (Å²) in [5.41, 5.74) is 4.12. The van der Waals surface area contributed by atoms with Gasteiger partial charge >= 0.3 is 0 Å². The topological polar surface area (TPSA) is 74.2 Å². The smallest absolute Gasteiger partial charge is 0.172 e. The number of methoxy groups -OCH3 is 2. The van der Waals surface area contributed by atoms with E-state index in [2.05, 4.69) is 28.6 Å². The Kier molecular flexibility index (Phi) is 8.11. The Balaban J connectivity index is 1.41. The molecule has 40 heavy (non-hydrogen) atoms. The third kappa shape index (κ3) is 5.56. The summed E-state index contributed by atoms with van der Waals surface area (Å²) in [6.07, 6.45) is 3.68. The predicted octanol–water partition coefficient (Wildman–Crippen LogP) is 6.92. The Morgan fingerprint density at radius 3 is 2.42 bits per heavy atom. The van der Waals surface area contributed by atoms with Crippen LogP contribution in [0.25, 0.3) is 16.9 Å². The number of nitrogens with zero attached hydrogens (tertiary/aromatic N) is 3. The number of benzene rings is 3. The largest absolute Gasteiger partial charge is 0.493 e. The number of aromatic nitrogens is 4. The summed E-state index contributed by atoms with van der Waals surface area (Å²) < 4.78 is 33.1. The van der Waals surface area contributed by atoms with Gasteiger partial charge in [0.1, 0.15) is 11.6 Å². The highest BCUT2D eigenvalue weighted by Gasteiger charge is 2.30. The van der Waals surface area contributed by atoms with Crippen LogP contribution < -0.4 is 14.2 Å². The summed E-state index contributed by atoms with van der Waals surface area (Å²) in [4.78, 5) is 4.79. The Hall–Kier alpha value is -4.24. The van der Waals surface area contributed by atoms with E-state index in [1.165, 1.54) is 12.1 Å². The van der Waals surface area contributed by atoms with Gasteiger partial charge in [-0.05, 0) is 60.2 Å². The second-order valence-corrected chi connectivity index (χ2v) is 10.6. The molecule has 0 bridgehead atoms. The van der Waals surface area contributed by atoms with E-state index in [4.69, 9.17) is 19.2 Å². The van der Waals surface area contributed by atoms with Gasteiger partial charge in [-0.25, -0.2) is 9.37 Å². The first-order valence-corrected chi connectivity index (χ1v) is 13.8. The summed E-state index contributed by atoms with van der Waals surface area (Å²) in [6.45, 7) is 4.74. The highest BCUT2D eigenvalue weighted by molar-refractivity contribution is 7.99. The van der Waals surface area contributed by atoms with E-state index < -0.39 is 5.41 Å². The van der Waals surface area contributed by atoms with Crippen molar-refractivity contribution >= 4 is 11.8 Å². The molecule has 2 aromatic heterocycles. The Morgan fingerprint density at radius 1 is 0.925 bits per heavy atom. The average molecular weight is 559 g/mol. The van der Waals surface area contributed by atoms with Crippen molar-refractivity contribution in [3.05, 3.63) is 102 Å². The van der Waals surface area contributed by atoms with Gasteiger partial charge in [-0.1, -0.05) is 43.8 Å². The van der Waals surface area contributed by atoms with Gasteiger partial charge in [0, 0.05) is 28.6 Å². The molecule has 5 rings (SSSR count). The maximum absolute atomic E-state index is 13.8. The monoisotopic (exact) mass is 558 g/mol. The minimum atomic E-state index is -0.460. The van der Waals surface area contributed by atoms with Crippen LogP contribution in [0.4, 0.5) is 4.39 Å². The molecule has 1 N–H and O–H groups in total. The number of thioether (sulfide) groups is 1. The molecule has 0 fully saturated rings. The maximum atomic E-state index is 13.8. The van der Waals surface area contributed by atoms with E-state index in [9.17, 15) is 4.39 Å². The number of nitrogens with one attached hydrogen (secondary N) is 1. The van der Waals surface area contributed by atoms with Crippen LogP contribution in [-0.2, 0) is 5.41 Å². The molecule has 3 aromatic carbocycles. The van der Waals surface area contributed by atoms with Crippen molar-refractivity contribution in [2.75, 3.05) is 26.6 Å². The normalized spacial score (nSPS) is 11.4. The van der Waals surface area contributed by atoms with Gasteiger partial charge in [0.2, 0.25) is 0 Å². The fourth-order valence-electron chi connectivity index (χ4n) is 4.59. The lowest BCUT2D eigenvalue weighted by atomic mass is 9.81. The van der Waals surface area contributed by atoms with Gasteiger partial charge in [-0.2, -0.15) is 5.10 Å². The van der Waals surface area contributed by atoms with Crippen LogP contribution in [-0.4, -0.2) is 46.3 Å². The number of ether oxygens (including phenoxy) is 3. The molecule has 7 nitrogen and oxygen atoms in total. The zero-order chi connectivity index (χ0) is 28.1. The molecule has 0 radical (unpaired) electrons. The van der Waals surface area contributed by atoms with Gasteiger partial charge in [-0.3, -0.25) is 9.67 Å². The molecule has 0 aliphatic carbocycles. The van der Waals surface area contributed by atoms with E-state index in [1.807, 2.05) is 54.7 Å². The van der Waals surface area contributed by atoms with Crippen LogP contribution in [0.3, 0.4) is 0 Å². The van der Waals surface area contributed by atoms with Crippen molar-refractivity contribution in [3.8, 4) is 34.2 Å². The summed E-state index contributed by atoms with van der Waals surface area (Å²) in [5, 5.41) is 7.92. The summed E-state index contributed by atoms with van der Waals surface area (Å²) in [6, 6.07) is 22.1. The quantitative estimate of drug-likeness (QED) is 0.140. The number of H-pyrrole nitrogens is 1. The summed E-state index contributed by atoms with van der Waals surface area (Å²) >= 11 is 1.58. The fraction of sp³-hybridized carbons (Fsp3) is 0.226. The minimum absolute atomic E-state index is 0.289. The first-order chi connectivity index (χ1) is 19.4. The van der Waals surface area contributed by atoms with Crippen molar-refractivity contribution in [1.82, 2.24) is 19.7 Å². The van der Waals surface area contributed by atoms with E-state index in [-0.39, 0.29) is 5.82 Å². The first-order valence-electron chi connectivity index (χ1n) is 12.8. The van der Waals surface area contributed by atoms with Crippen molar-refractivity contribution in [2.45, 2.75) is 24.4 Å². The molecule has 0 saturated carbocycles. The fourth-order valence-corrected chi connectivity index (χ4v) is 5.40. The van der Waals surface area contributed by atoms with Crippen LogP contribution in [0.15, 0.2) is 90.3 Å². The van der Waals surface area contributed by atoms with E-state index >= 15 is 0 Å². The number of aromatic amines is 1. The van der Waals surface area contributed by atoms with Gasteiger partial charge in [0.15, 0.2) is 16.7 Å². The van der Waals surface area contributed by atoms with Crippen LogP contribution in [0.2, 0.25) is 0 Å². The second-order valence-electron chi connectivity index (χ2n) is 9.59. The summed E-state index contributed by atoms with van der Waals surface area (Å²) in [7, 11) is 3.25. The minimum Gasteiger partial charge on any atom is -0.493 e. The number of halogens is 1. The molecule has 0 saturated heterocycles. The van der Waals surface area contributed by atoms with Gasteiger partial charge in [0.25, 0.3) is 0 Å². The Labute approximate surface area is 237 Å². The molecule has 0 spiro atoms. The lowest BCUT2D eigenvalue weighted by molar-refractivity contribution is 0.345. The van der Waals surface area contributed by atoms with Gasteiger partial charge < -0.3 is 14.2 Å². The SMILES string of the molecule is COc1ccc(C(C)(C)c2cnc(SCCOc3ccccc3-c3cc[nH]n3)n2-c2ccc(F)cc2)cc1OC. The van der Waals surface area contributed by atoms with E-state index in [0.29, 0.717) is 23.9 Å². The third-order valence-electron chi connectivity index (χ3n) is 6.80. The predicted molar refractivity (Wildman–Crippen MR) is 155 cm³/mol. The standard InChI is InChI=1S/C31H31FN4O3S/c1-31(2,21-9-14-27(37-3)28(19-21)38-4)29-20-33-30(36(29)23-12-10-22(32)11-13-23)40-18-17-39-26-8-6-5-7-24(26)25-15-16-34-35-25/h5-16,19-20H,17-18H2,1-4H3,(H,34,35). The molecule has 206 valence electrons. The van der Waals surface area contributed by atoms with Crippen molar-refractivity contribution in [2.24, 2.45) is 0 Å². The van der Waals surface area contributed by atoms with Crippen molar-refractivity contribution in [3.63, 3.8) is 0 Å². The lowest BCUT2D eigenvalue weighted by Crippen LogP contribution is -2.23. The molecule has 0 aliphatic rings. The van der Waals surface area contributed by atoms with Crippen LogP contribution in [0, 0.1) is 5.82 Å². The molecule has 5 aromatic rings. The number of imidazole rings is 1. The average Bonchev–Trinajstić information content (AvgIpc) is 3.67. The van der Waals surface area contributed by atoms with Crippen LogP contribution >= 0.6 is 11.8 Å². The number of rotatable bonds is 11. The highest BCUT2D eigenvalue weighted by atomic mass is 32.2. The van der Waals surface area contributed by atoms with Crippen molar-refractivity contribution < 1.29 is 18.6 Å². The van der Waals surface area contributed by atoms with Crippen LogP contribution in [0.5, 0.6) is 17.2 Å². The third-order valence-corrected chi connectivity index (χ3v) is 7.71. The number of para-hydroxylation sites is 1. The molecule has 0 unspecified atom stereocenters. The maximum Gasteiger partial charge on any atom is 0.172 e. The number of hydrogen-bond acceptors (Lipinski definition) is 6. The highest BCUT2D eigenvalue weighted by Crippen LogP contribution is 2.39. The molecule has 0 aliphatic heterocycles. The van der Waals surface area contributed by atoms with Crippen LogP contribution in [0.1, 0.15) is 25.1 Å². The Morgan fingerprint density at radius 2 is 1.70 bits per heavy atom. The van der Waals surface area contributed by atoms with Crippen molar-refractivity contribution in [1.29, 1.82) is 0 Å². The molecule has 2 heterocycles. The lowest BCUT2D eigenvalue weighted by Gasteiger charge is -2.28. The second kappa shape index (κ2) is 11.9. The molecular weight excluding hydrogens is 527 g/mol. The molecular formula is C31H31FN4O3S. The first kappa shape index (κ1) is 27.3.